The van der Waals surface area contributed by atoms with Gasteiger partial charge in [0.2, 0.25) is 5.91 Å². The van der Waals surface area contributed by atoms with Crippen LogP contribution >= 0.6 is 0 Å². The van der Waals surface area contributed by atoms with Crippen molar-refractivity contribution in [2.45, 2.75) is 26.5 Å². The van der Waals surface area contributed by atoms with Crippen LogP contribution in [0.5, 0.6) is 5.75 Å². The van der Waals surface area contributed by atoms with Gasteiger partial charge in [-0.15, -0.1) is 0 Å². The lowest BCUT2D eigenvalue weighted by Gasteiger charge is -2.22. The highest BCUT2D eigenvalue weighted by molar-refractivity contribution is 6.01. The van der Waals surface area contributed by atoms with Crippen molar-refractivity contribution in [3.8, 4) is 5.75 Å². The van der Waals surface area contributed by atoms with E-state index in [1.807, 2.05) is 13.8 Å². The predicted molar refractivity (Wildman–Crippen MR) is 94.2 cm³/mol. The van der Waals surface area contributed by atoms with E-state index in [9.17, 15) is 18.4 Å². The van der Waals surface area contributed by atoms with E-state index in [4.69, 9.17) is 0 Å². The fourth-order valence-corrected chi connectivity index (χ4v) is 2.29. The minimum atomic E-state index is -2.91. The van der Waals surface area contributed by atoms with E-state index in [1.165, 1.54) is 24.3 Å². The molecule has 0 aliphatic heterocycles. The van der Waals surface area contributed by atoms with E-state index in [2.05, 4.69) is 15.4 Å². The van der Waals surface area contributed by atoms with Gasteiger partial charge in [0.25, 0.3) is 5.91 Å². The van der Waals surface area contributed by atoms with Crippen LogP contribution in [0.15, 0.2) is 54.6 Å². The van der Waals surface area contributed by atoms with E-state index in [-0.39, 0.29) is 17.6 Å². The molecule has 0 saturated carbocycles. The van der Waals surface area contributed by atoms with Gasteiger partial charge in [-0.3, -0.25) is 9.59 Å². The van der Waals surface area contributed by atoms with Crippen molar-refractivity contribution < 1.29 is 23.1 Å². The fourth-order valence-electron chi connectivity index (χ4n) is 2.29. The quantitative estimate of drug-likeness (QED) is 0.790. The standard InChI is InChI=1S/C19H20F2N2O3/c1-12(2)16(23-17(24)13-6-4-3-5-7-13)18(25)22-14-8-10-15(11-9-14)26-19(20)21/h3-12,16,19H,1-2H3,(H,22,25)(H,23,24). The zero-order chi connectivity index (χ0) is 19.1. The van der Waals surface area contributed by atoms with Gasteiger partial charge in [-0.2, -0.15) is 8.78 Å². The highest BCUT2D eigenvalue weighted by Gasteiger charge is 2.24. The Morgan fingerprint density at radius 1 is 0.962 bits per heavy atom. The highest BCUT2D eigenvalue weighted by atomic mass is 19.3. The number of amides is 2. The molecule has 2 amide bonds. The largest absolute Gasteiger partial charge is 0.435 e. The highest BCUT2D eigenvalue weighted by Crippen LogP contribution is 2.18. The van der Waals surface area contributed by atoms with Crippen molar-refractivity contribution in [3.05, 3.63) is 60.2 Å². The summed E-state index contributed by atoms with van der Waals surface area (Å²) in [6.45, 7) is 0.721. The molecule has 5 nitrogen and oxygen atoms in total. The molecule has 26 heavy (non-hydrogen) atoms. The molecule has 0 fully saturated rings. The van der Waals surface area contributed by atoms with Crippen molar-refractivity contribution in [1.82, 2.24) is 5.32 Å². The second-order valence-corrected chi connectivity index (χ2v) is 5.95. The molecule has 7 heteroatoms. The van der Waals surface area contributed by atoms with Gasteiger partial charge in [0.05, 0.1) is 0 Å². The van der Waals surface area contributed by atoms with E-state index in [0.717, 1.165) is 0 Å². The molecule has 0 aliphatic rings. The summed E-state index contributed by atoms with van der Waals surface area (Å²) in [5.41, 5.74) is 0.871. The van der Waals surface area contributed by atoms with Crippen LogP contribution in [0.1, 0.15) is 24.2 Å². The van der Waals surface area contributed by atoms with Crippen LogP contribution in [0, 0.1) is 5.92 Å². The molecule has 0 spiro atoms. The summed E-state index contributed by atoms with van der Waals surface area (Å²) in [5, 5.41) is 5.38. The molecule has 0 saturated heterocycles. The summed E-state index contributed by atoms with van der Waals surface area (Å²) >= 11 is 0. The Bertz CT molecular complexity index is 734. The Balaban J connectivity index is 2.03. The second kappa shape index (κ2) is 8.94. The van der Waals surface area contributed by atoms with Gasteiger partial charge in [-0.25, -0.2) is 0 Å². The number of halogens is 2. The summed E-state index contributed by atoms with van der Waals surface area (Å²) in [6.07, 6.45) is 0. The Hall–Kier alpha value is -2.96. The Labute approximate surface area is 150 Å². The third-order valence-electron chi connectivity index (χ3n) is 3.62. The number of hydrogen-bond donors (Lipinski definition) is 2. The number of hydrogen-bond acceptors (Lipinski definition) is 3. The summed E-state index contributed by atoms with van der Waals surface area (Å²) < 4.78 is 28.6. The lowest BCUT2D eigenvalue weighted by molar-refractivity contribution is -0.118. The van der Waals surface area contributed by atoms with Crippen molar-refractivity contribution in [1.29, 1.82) is 0 Å². The summed E-state index contributed by atoms with van der Waals surface area (Å²) in [7, 11) is 0. The number of nitrogens with one attached hydrogen (secondary N) is 2. The maximum Gasteiger partial charge on any atom is 0.387 e. The van der Waals surface area contributed by atoms with Gasteiger partial charge in [0.1, 0.15) is 11.8 Å². The first-order chi connectivity index (χ1) is 12.4. The molecule has 2 aromatic carbocycles. The van der Waals surface area contributed by atoms with Crippen LogP contribution in [-0.2, 0) is 4.79 Å². The molecule has 0 bridgehead atoms. The number of benzene rings is 2. The van der Waals surface area contributed by atoms with E-state index in [0.29, 0.717) is 11.3 Å². The number of rotatable bonds is 7. The molecule has 0 aromatic heterocycles. The summed E-state index contributed by atoms with van der Waals surface area (Å²) in [5.74, 6) is -0.896. The maximum atomic E-state index is 12.5. The second-order valence-electron chi connectivity index (χ2n) is 5.95. The molecule has 1 atom stereocenters. The average molecular weight is 362 g/mol. The molecule has 2 rings (SSSR count). The Morgan fingerprint density at radius 3 is 2.12 bits per heavy atom. The minimum Gasteiger partial charge on any atom is -0.435 e. The number of carbonyl (C=O) groups excluding carboxylic acids is 2. The number of alkyl halides is 2. The number of carbonyl (C=O) groups is 2. The Morgan fingerprint density at radius 2 is 1.58 bits per heavy atom. The van der Waals surface area contributed by atoms with Gasteiger partial charge < -0.3 is 15.4 Å². The van der Waals surface area contributed by atoms with E-state index < -0.39 is 18.6 Å². The van der Waals surface area contributed by atoms with Crippen molar-refractivity contribution >= 4 is 17.5 Å². The van der Waals surface area contributed by atoms with Gasteiger partial charge in [0, 0.05) is 11.3 Å². The Kier molecular flexibility index (Phi) is 6.66. The van der Waals surface area contributed by atoms with Crippen LogP contribution in [0.3, 0.4) is 0 Å². The van der Waals surface area contributed by atoms with Crippen LogP contribution in [0.4, 0.5) is 14.5 Å². The molecule has 1 unspecified atom stereocenters. The first kappa shape index (κ1) is 19.4. The minimum absolute atomic E-state index is 0.00390. The van der Waals surface area contributed by atoms with Gasteiger partial charge in [0.15, 0.2) is 0 Å². The van der Waals surface area contributed by atoms with Crippen LogP contribution in [-0.4, -0.2) is 24.5 Å². The zero-order valence-electron chi connectivity index (χ0n) is 14.4. The van der Waals surface area contributed by atoms with Crippen LogP contribution in [0.2, 0.25) is 0 Å². The maximum absolute atomic E-state index is 12.5. The monoisotopic (exact) mass is 362 g/mol. The number of ether oxygens (including phenoxy) is 1. The zero-order valence-corrected chi connectivity index (χ0v) is 14.4. The topological polar surface area (TPSA) is 67.4 Å². The normalized spacial score (nSPS) is 11.9. The lowest BCUT2D eigenvalue weighted by atomic mass is 10.0. The molecule has 0 aliphatic carbocycles. The van der Waals surface area contributed by atoms with Gasteiger partial charge >= 0.3 is 6.61 Å². The van der Waals surface area contributed by atoms with Crippen molar-refractivity contribution in [3.63, 3.8) is 0 Å². The third-order valence-corrected chi connectivity index (χ3v) is 3.62. The predicted octanol–water partition coefficient (Wildman–Crippen LogP) is 3.68. The van der Waals surface area contributed by atoms with Gasteiger partial charge in [-0.05, 0) is 42.3 Å². The molecule has 138 valence electrons. The summed E-state index contributed by atoms with van der Waals surface area (Å²) in [6, 6.07) is 13.4. The van der Waals surface area contributed by atoms with E-state index >= 15 is 0 Å². The first-order valence-corrected chi connectivity index (χ1v) is 8.08. The lowest BCUT2D eigenvalue weighted by Crippen LogP contribution is -2.47. The van der Waals surface area contributed by atoms with Crippen LogP contribution < -0.4 is 15.4 Å². The molecular formula is C19H20F2N2O3. The van der Waals surface area contributed by atoms with E-state index in [1.54, 1.807) is 30.3 Å². The molecule has 0 heterocycles. The van der Waals surface area contributed by atoms with Crippen molar-refractivity contribution in [2.75, 3.05) is 5.32 Å². The third kappa shape index (κ3) is 5.54. The first-order valence-electron chi connectivity index (χ1n) is 8.08. The fraction of sp³-hybridized carbons (Fsp3) is 0.263. The smallest absolute Gasteiger partial charge is 0.387 e. The van der Waals surface area contributed by atoms with Crippen molar-refractivity contribution in [2.24, 2.45) is 5.92 Å². The number of anilines is 1. The van der Waals surface area contributed by atoms with Crippen LogP contribution in [0.25, 0.3) is 0 Å². The SMILES string of the molecule is CC(C)C(NC(=O)c1ccccc1)C(=O)Nc1ccc(OC(F)F)cc1. The molecule has 2 N–H and O–H groups in total. The van der Waals surface area contributed by atoms with Gasteiger partial charge in [-0.1, -0.05) is 32.0 Å². The molecule has 2 aromatic rings. The molecule has 0 radical (unpaired) electrons. The average Bonchev–Trinajstić information content (AvgIpc) is 2.61. The molecular weight excluding hydrogens is 342 g/mol. The summed E-state index contributed by atoms with van der Waals surface area (Å²) in [4.78, 5) is 24.8.